The third-order valence-electron chi connectivity index (χ3n) is 4.71. The second kappa shape index (κ2) is 10.4. The number of hydrogen-bond acceptors (Lipinski definition) is 5. The zero-order valence-electron chi connectivity index (χ0n) is 17.6. The first-order chi connectivity index (χ1) is 15.4. The molecule has 0 heterocycles. The summed E-state index contributed by atoms with van der Waals surface area (Å²) in [5.41, 5.74) is 0.991. The maximum absolute atomic E-state index is 13.4. The molecular formula is C23H23ClN2O5S. The molecule has 0 bridgehead atoms. The van der Waals surface area contributed by atoms with Crippen LogP contribution in [0.2, 0.25) is 5.02 Å². The van der Waals surface area contributed by atoms with Crippen molar-refractivity contribution in [2.75, 3.05) is 25.1 Å². The number of hydrogen-bond donors (Lipinski definition) is 1. The topological polar surface area (TPSA) is 84.9 Å². The van der Waals surface area contributed by atoms with Crippen LogP contribution in [0.5, 0.6) is 11.5 Å². The van der Waals surface area contributed by atoms with Crippen molar-refractivity contribution in [1.82, 2.24) is 5.32 Å². The minimum absolute atomic E-state index is 0.0636. The van der Waals surface area contributed by atoms with Gasteiger partial charge in [-0.05, 0) is 35.9 Å². The lowest BCUT2D eigenvalue weighted by molar-refractivity contribution is -0.119. The number of carbonyl (C=O) groups excluding carboxylic acids is 1. The highest BCUT2D eigenvalue weighted by molar-refractivity contribution is 7.92. The van der Waals surface area contributed by atoms with Gasteiger partial charge in [0.25, 0.3) is 10.0 Å². The van der Waals surface area contributed by atoms with E-state index in [9.17, 15) is 13.2 Å². The molecule has 0 aliphatic rings. The number of rotatable bonds is 9. The average molecular weight is 475 g/mol. The number of carbonyl (C=O) groups is 1. The Morgan fingerprint density at radius 2 is 1.59 bits per heavy atom. The number of nitrogens with zero attached hydrogens (tertiary/aromatic N) is 1. The van der Waals surface area contributed by atoms with Crippen LogP contribution in [0.3, 0.4) is 0 Å². The van der Waals surface area contributed by atoms with Gasteiger partial charge < -0.3 is 14.8 Å². The second-order valence-corrected chi connectivity index (χ2v) is 9.00. The molecule has 0 aliphatic heterocycles. The first-order valence-corrected chi connectivity index (χ1v) is 11.5. The van der Waals surface area contributed by atoms with E-state index in [-0.39, 0.29) is 17.1 Å². The van der Waals surface area contributed by atoms with E-state index in [1.54, 1.807) is 48.5 Å². The molecule has 0 fully saturated rings. The smallest absolute Gasteiger partial charge is 0.264 e. The van der Waals surface area contributed by atoms with Crippen LogP contribution in [0.1, 0.15) is 5.56 Å². The van der Waals surface area contributed by atoms with Crippen LogP contribution in [0, 0.1) is 0 Å². The van der Waals surface area contributed by atoms with Gasteiger partial charge in [-0.1, -0.05) is 48.0 Å². The summed E-state index contributed by atoms with van der Waals surface area (Å²) in [6, 6.07) is 19.7. The maximum Gasteiger partial charge on any atom is 0.264 e. The van der Waals surface area contributed by atoms with Crippen LogP contribution in [-0.4, -0.2) is 35.1 Å². The van der Waals surface area contributed by atoms with Crippen molar-refractivity contribution in [2.24, 2.45) is 0 Å². The van der Waals surface area contributed by atoms with E-state index >= 15 is 0 Å². The monoisotopic (exact) mass is 474 g/mol. The van der Waals surface area contributed by atoms with Crippen LogP contribution < -0.4 is 19.1 Å². The summed E-state index contributed by atoms with van der Waals surface area (Å²) >= 11 is 6.14. The lowest BCUT2D eigenvalue weighted by Crippen LogP contribution is -2.40. The summed E-state index contributed by atoms with van der Waals surface area (Å²) in [5, 5.41) is 3.24. The Bertz CT molecular complexity index is 1190. The minimum Gasteiger partial charge on any atom is -0.493 e. The molecule has 0 saturated heterocycles. The molecule has 0 radical (unpaired) electrons. The molecule has 168 valence electrons. The lowest BCUT2D eigenvalue weighted by Gasteiger charge is -2.25. The quantitative estimate of drug-likeness (QED) is 0.509. The SMILES string of the molecule is COc1ccc(N(CC(=O)NCc2ccccc2Cl)S(=O)(=O)c2ccccc2)cc1OC. The zero-order valence-corrected chi connectivity index (χ0v) is 19.2. The highest BCUT2D eigenvalue weighted by atomic mass is 35.5. The zero-order chi connectivity index (χ0) is 23.1. The summed E-state index contributed by atoms with van der Waals surface area (Å²) in [5.74, 6) is 0.297. The standard InChI is InChI=1S/C23H23ClN2O5S/c1-30-21-13-12-18(14-22(21)31-2)26(32(28,29)19-9-4-3-5-10-19)16-23(27)25-15-17-8-6-7-11-20(17)24/h3-14H,15-16H2,1-2H3,(H,25,27). The van der Waals surface area contributed by atoms with Crippen molar-refractivity contribution in [2.45, 2.75) is 11.4 Å². The van der Waals surface area contributed by atoms with E-state index in [0.29, 0.717) is 16.5 Å². The summed E-state index contributed by atoms with van der Waals surface area (Å²) in [7, 11) is -1.10. The van der Waals surface area contributed by atoms with Crippen LogP contribution in [0.15, 0.2) is 77.7 Å². The van der Waals surface area contributed by atoms with Gasteiger partial charge in [0.1, 0.15) is 6.54 Å². The highest BCUT2D eigenvalue weighted by Crippen LogP contribution is 2.33. The van der Waals surface area contributed by atoms with E-state index in [1.807, 2.05) is 6.07 Å². The molecule has 9 heteroatoms. The van der Waals surface area contributed by atoms with Gasteiger partial charge in [-0.3, -0.25) is 9.10 Å². The fraction of sp³-hybridized carbons (Fsp3) is 0.174. The predicted molar refractivity (Wildman–Crippen MR) is 124 cm³/mol. The molecule has 3 rings (SSSR count). The molecule has 0 atom stereocenters. The van der Waals surface area contributed by atoms with Crippen molar-refractivity contribution < 1.29 is 22.7 Å². The Balaban J connectivity index is 1.92. The molecular weight excluding hydrogens is 452 g/mol. The molecule has 3 aromatic carbocycles. The van der Waals surface area contributed by atoms with E-state index in [0.717, 1.165) is 9.87 Å². The maximum atomic E-state index is 13.4. The molecule has 32 heavy (non-hydrogen) atoms. The van der Waals surface area contributed by atoms with E-state index in [4.69, 9.17) is 21.1 Å². The molecule has 0 saturated carbocycles. The van der Waals surface area contributed by atoms with Crippen molar-refractivity contribution in [3.05, 3.63) is 83.4 Å². The van der Waals surface area contributed by atoms with Crippen LogP contribution in [0.4, 0.5) is 5.69 Å². The highest BCUT2D eigenvalue weighted by Gasteiger charge is 2.28. The molecule has 1 amide bonds. The van der Waals surface area contributed by atoms with E-state index in [2.05, 4.69) is 5.32 Å². The summed E-state index contributed by atoms with van der Waals surface area (Å²) in [6.45, 7) is -0.263. The summed E-state index contributed by atoms with van der Waals surface area (Å²) < 4.78 is 38.4. The van der Waals surface area contributed by atoms with Gasteiger partial charge in [-0.25, -0.2) is 8.42 Å². The average Bonchev–Trinajstić information content (AvgIpc) is 2.82. The minimum atomic E-state index is -4.03. The number of halogens is 1. The molecule has 0 aromatic heterocycles. The van der Waals surface area contributed by atoms with Crippen molar-refractivity contribution in [3.8, 4) is 11.5 Å². The normalized spacial score (nSPS) is 11.0. The Hall–Kier alpha value is -3.23. The van der Waals surface area contributed by atoms with Crippen molar-refractivity contribution in [1.29, 1.82) is 0 Å². The number of amides is 1. The largest absolute Gasteiger partial charge is 0.493 e. The molecule has 0 aliphatic carbocycles. The fourth-order valence-corrected chi connectivity index (χ4v) is 4.67. The third kappa shape index (κ3) is 5.33. The van der Waals surface area contributed by atoms with Gasteiger partial charge in [0.2, 0.25) is 5.91 Å². The number of anilines is 1. The third-order valence-corrected chi connectivity index (χ3v) is 6.86. The first kappa shape index (κ1) is 23.4. The van der Waals surface area contributed by atoms with E-state index in [1.165, 1.54) is 32.4 Å². The Morgan fingerprint density at radius 3 is 2.25 bits per heavy atom. The van der Waals surface area contributed by atoms with Crippen LogP contribution in [0.25, 0.3) is 0 Å². The fourth-order valence-electron chi connectivity index (χ4n) is 3.04. The molecule has 0 spiro atoms. The van der Waals surface area contributed by atoms with Crippen molar-refractivity contribution in [3.63, 3.8) is 0 Å². The molecule has 0 unspecified atom stereocenters. The first-order valence-electron chi connectivity index (χ1n) is 9.66. The van der Waals surface area contributed by atoms with Gasteiger partial charge in [-0.15, -0.1) is 0 Å². The van der Waals surface area contributed by atoms with Gasteiger partial charge in [0, 0.05) is 17.6 Å². The van der Waals surface area contributed by atoms with Gasteiger partial charge in [0.05, 0.1) is 24.8 Å². The van der Waals surface area contributed by atoms with Crippen LogP contribution in [-0.2, 0) is 21.4 Å². The lowest BCUT2D eigenvalue weighted by atomic mass is 10.2. The van der Waals surface area contributed by atoms with Gasteiger partial charge in [-0.2, -0.15) is 0 Å². The van der Waals surface area contributed by atoms with Crippen LogP contribution >= 0.6 is 11.6 Å². The summed E-state index contributed by atoms with van der Waals surface area (Å²) in [6.07, 6.45) is 0. The number of nitrogens with one attached hydrogen (secondary N) is 1. The van der Waals surface area contributed by atoms with Gasteiger partial charge in [0.15, 0.2) is 11.5 Å². The number of methoxy groups -OCH3 is 2. The predicted octanol–water partition coefficient (Wildman–Crippen LogP) is 3.87. The molecule has 7 nitrogen and oxygen atoms in total. The van der Waals surface area contributed by atoms with Gasteiger partial charge >= 0.3 is 0 Å². The Labute approximate surface area is 192 Å². The molecule has 1 N–H and O–H groups in total. The molecule has 3 aromatic rings. The number of benzene rings is 3. The number of sulfonamides is 1. The Kier molecular flexibility index (Phi) is 7.61. The number of ether oxygens (including phenoxy) is 2. The van der Waals surface area contributed by atoms with Crippen molar-refractivity contribution >= 4 is 33.2 Å². The Morgan fingerprint density at radius 1 is 0.938 bits per heavy atom. The summed E-state index contributed by atoms with van der Waals surface area (Å²) in [4.78, 5) is 12.8. The second-order valence-electron chi connectivity index (χ2n) is 6.73. The van der Waals surface area contributed by atoms with E-state index < -0.39 is 22.5 Å².